The van der Waals surface area contributed by atoms with Crippen LogP contribution in [0.25, 0.3) is 0 Å². The van der Waals surface area contributed by atoms with Gasteiger partial charge in [-0.25, -0.2) is 0 Å². The van der Waals surface area contributed by atoms with Crippen LogP contribution >= 0.6 is 0 Å². The van der Waals surface area contributed by atoms with Crippen molar-refractivity contribution in [2.75, 3.05) is 13.1 Å². The Morgan fingerprint density at radius 3 is 2.62 bits per heavy atom. The lowest BCUT2D eigenvalue weighted by molar-refractivity contribution is -0.155. The highest BCUT2D eigenvalue weighted by Crippen LogP contribution is 2.20. The molecule has 0 spiro atoms. The summed E-state index contributed by atoms with van der Waals surface area (Å²) in [7, 11) is 0. The summed E-state index contributed by atoms with van der Waals surface area (Å²) in [4.78, 5) is 28.1. The Morgan fingerprint density at radius 2 is 1.95 bits per heavy atom. The number of amides is 2. The zero-order valence-corrected chi connectivity index (χ0v) is 13.3. The minimum absolute atomic E-state index is 0.0384. The van der Waals surface area contributed by atoms with Gasteiger partial charge in [0.2, 0.25) is 11.8 Å². The SMILES string of the molecule is CCCN1CC(=O)N(Cc2cccc(C)c2C)[C@H](C)C1=O. The molecule has 0 aliphatic carbocycles. The number of aryl methyl sites for hydroxylation is 1. The molecule has 1 saturated heterocycles. The van der Waals surface area contributed by atoms with Crippen LogP contribution in [0, 0.1) is 13.8 Å². The molecule has 0 unspecified atom stereocenters. The maximum absolute atomic E-state index is 12.4. The van der Waals surface area contributed by atoms with Gasteiger partial charge in [0, 0.05) is 13.1 Å². The smallest absolute Gasteiger partial charge is 0.245 e. The van der Waals surface area contributed by atoms with Crippen molar-refractivity contribution in [2.24, 2.45) is 0 Å². The van der Waals surface area contributed by atoms with E-state index in [1.165, 1.54) is 11.1 Å². The van der Waals surface area contributed by atoms with E-state index in [4.69, 9.17) is 0 Å². The van der Waals surface area contributed by atoms with E-state index in [9.17, 15) is 9.59 Å². The van der Waals surface area contributed by atoms with Crippen molar-refractivity contribution in [2.45, 2.75) is 46.7 Å². The van der Waals surface area contributed by atoms with Crippen LogP contribution in [0.15, 0.2) is 18.2 Å². The first-order valence-electron chi connectivity index (χ1n) is 7.59. The lowest BCUT2D eigenvalue weighted by Gasteiger charge is -2.39. The molecule has 4 heteroatoms. The van der Waals surface area contributed by atoms with Gasteiger partial charge >= 0.3 is 0 Å². The van der Waals surface area contributed by atoms with E-state index in [-0.39, 0.29) is 24.4 Å². The summed E-state index contributed by atoms with van der Waals surface area (Å²) in [6.07, 6.45) is 0.878. The largest absolute Gasteiger partial charge is 0.332 e. The number of hydrogen-bond acceptors (Lipinski definition) is 2. The second-order valence-corrected chi connectivity index (χ2v) is 5.82. The third-order valence-electron chi connectivity index (χ3n) is 4.33. The van der Waals surface area contributed by atoms with Gasteiger partial charge in [0.05, 0.1) is 6.54 Å². The lowest BCUT2D eigenvalue weighted by Crippen LogP contribution is -2.58. The number of rotatable bonds is 4. The normalized spacial score (nSPS) is 19.3. The summed E-state index contributed by atoms with van der Waals surface area (Å²) in [5.74, 6) is 0.0956. The summed E-state index contributed by atoms with van der Waals surface area (Å²) in [5, 5.41) is 0. The monoisotopic (exact) mass is 288 g/mol. The molecule has 114 valence electrons. The molecule has 2 amide bonds. The van der Waals surface area contributed by atoms with Gasteiger partial charge in [-0.15, -0.1) is 0 Å². The maximum atomic E-state index is 12.4. The summed E-state index contributed by atoms with van der Waals surface area (Å²) in [5.41, 5.74) is 3.52. The molecule has 1 aromatic rings. The van der Waals surface area contributed by atoms with Gasteiger partial charge in [0.1, 0.15) is 6.04 Å². The van der Waals surface area contributed by atoms with Crippen LogP contribution in [0.2, 0.25) is 0 Å². The topological polar surface area (TPSA) is 40.6 Å². The average Bonchev–Trinajstić information content (AvgIpc) is 2.45. The summed E-state index contributed by atoms with van der Waals surface area (Å²) in [6, 6.07) is 5.72. The Hall–Kier alpha value is -1.84. The van der Waals surface area contributed by atoms with E-state index in [0.717, 1.165) is 12.0 Å². The van der Waals surface area contributed by atoms with Crippen molar-refractivity contribution < 1.29 is 9.59 Å². The van der Waals surface area contributed by atoms with Crippen LogP contribution in [0.3, 0.4) is 0 Å². The van der Waals surface area contributed by atoms with Crippen LogP contribution in [-0.2, 0) is 16.1 Å². The Morgan fingerprint density at radius 1 is 1.24 bits per heavy atom. The van der Waals surface area contributed by atoms with E-state index in [0.29, 0.717) is 13.1 Å². The molecule has 0 saturated carbocycles. The minimum Gasteiger partial charge on any atom is -0.332 e. The first-order valence-corrected chi connectivity index (χ1v) is 7.59. The minimum atomic E-state index is -0.377. The highest BCUT2D eigenvalue weighted by molar-refractivity contribution is 5.94. The Kier molecular flexibility index (Phi) is 4.66. The fraction of sp³-hybridized carbons (Fsp3) is 0.529. The molecule has 4 nitrogen and oxygen atoms in total. The zero-order chi connectivity index (χ0) is 15.6. The Bertz CT molecular complexity index is 554. The Labute approximate surface area is 126 Å². The molecule has 0 bridgehead atoms. The van der Waals surface area contributed by atoms with Crippen molar-refractivity contribution in [3.8, 4) is 0 Å². The Balaban J connectivity index is 2.19. The fourth-order valence-electron chi connectivity index (χ4n) is 2.80. The molecule has 0 aromatic heterocycles. The van der Waals surface area contributed by atoms with Gasteiger partial charge in [-0.1, -0.05) is 25.1 Å². The molecule has 1 heterocycles. The maximum Gasteiger partial charge on any atom is 0.245 e. The number of piperazine rings is 1. The highest BCUT2D eigenvalue weighted by atomic mass is 16.2. The van der Waals surface area contributed by atoms with Crippen LogP contribution in [0.4, 0.5) is 0 Å². The van der Waals surface area contributed by atoms with Gasteiger partial charge in [-0.3, -0.25) is 9.59 Å². The van der Waals surface area contributed by atoms with Crippen LogP contribution in [0.1, 0.15) is 37.0 Å². The molecule has 1 fully saturated rings. The lowest BCUT2D eigenvalue weighted by atomic mass is 10.0. The predicted molar refractivity (Wildman–Crippen MR) is 82.8 cm³/mol. The van der Waals surface area contributed by atoms with Crippen LogP contribution in [-0.4, -0.2) is 40.7 Å². The van der Waals surface area contributed by atoms with E-state index < -0.39 is 0 Å². The second kappa shape index (κ2) is 6.29. The molecular weight excluding hydrogens is 264 g/mol. The average molecular weight is 288 g/mol. The van der Waals surface area contributed by atoms with Crippen LogP contribution < -0.4 is 0 Å². The van der Waals surface area contributed by atoms with Crippen molar-refractivity contribution >= 4 is 11.8 Å². The number of nitrogens with zero attached hydrogens (tertiary/aromatic N) is 2. The second-order valence-electron chi connectivity index (χ2n) is 5.82. The highest BCUT2D eigenvalue weighted by Gasteiger charge is 2.35. The predicted octanol–water partition coefficient (Wildman–Crippen LogP) is 2.27. The molecule has 1 aromatic carbocycles. The van der Waals surface area contributed by atoms with Crippen molar-refractivity contribution in [3.05, 3.63) is 34.9 Å². The molecule has 2 rings (SSSR count). The molecular formula is C17H24N2O2. The summed E-state index contributed by atoms with van der Waals surface area (Å²) >= 11 is 0. The van der Waals surface area contributed by atoms with Gasteiger partial charge in [0.25, 0.3) is 0 Å². The van der Waals surface area contributed by atoms with Crippen molar-refractivity contribution in [1.29, 1.82) is 0 Å². The number of hydrogen-bond donors (Lipinski definition) is 0. The molecule has 0 N–H and O–H groups in total. The molecule has 0 radical (unpaired) electrons. The molecule has 1 atom stereocenters. The third kappa shape index (κ3) is 3.09. The zero-order valence-electron chi connectivity index (χ0n) is 13.3. The van der Waals surface area contributed by atoms with Crippen molar-refractivity contribution in [1.82, 2.24) is 9.80 Å². The molecule has 1 aliphatic rings. The van der Waals surface area contributed by atoms with E-state index >= 15 is 0 Å². The van der Waals surface area contributed by atoms with Gasteiger partial charge in [-0.2, -0.15) is 0 Å². The standard InChI is InChI=1S/C17H24N2O2/c1-5-9-18-11-16(20)19(14(4)17(18)21)10-15-8-6-7-12(2)13(15)3/h6-8,14H,5,9-11H2,1-4H3/t14-/m1/s1. The van der Waals surface area contributed by atoms with Gasteiger partial charge in [-0.05, 0) is 43.9 Å². The number of carbonyl (C=O) groups is 2. The first-order chi connectivity index (χ1) is 9.95. The van der Waals surface area contributed by atoms with E-state index in [1.54, 1.807) is 9.80 Å². The van der Waals surface area contributed by atoms with E-state index in [2.05, 4.69) is 19.9 Å². The molecule has 1 aliphatic heterocycles. The quantitative estimate of drug-likeness (QED) is 0.853. The fourth-order valence-corrected chi connectivity index (χ4v) is 2.80. The number of benzene rings is 1. The first kappa shape index (κ1) is 15.5. The summed E-state index contributed by atoms with van der Waals surface area (Å²) < 4.78 is 0. The van der Waals surface area contributed by atoms with Crippen LogP contribution in [0.5, 0.6) is 0 Å². The van der Waals surface area contributed by atoms with Crippen molar-refractivity contribution in [3.63, 3.8) is 0 Å². The van der Waals surface area contributed by atoms with E-state index in [1.807, 2.05) is 26.0 Å². The van der Waals surface area contributed by atoms with Gasteiger partial charge in [0.15, 0.2) is 0 Å². The third-order valence-corrected chi connectivity index (χ3v) is 4.33. The number of carbonyl (C=O) groups excluding carboxylic acids is 2. The molecule has 21 heavy (non-hydrogen) atoms. The summed E-state index contributed by atoms with van der Waals surface area (Å²) in [6.45, 7) is 9.36. The van der Waals surface area contributed by atoms with Gasteiger partial charge < -0.3 is 9.80 Å².